The molecule has 2 aromatic rings. The Balaban J connectivity index is 2.41. The normalized spacial score (nSPS) is 12.2. The van der Waals surface area contributed by atoms with Crippen molar-refractivity contribution in [2.24, 2.45) is 0 Å². The fourth-order valence-corrected chi connectivity index (χ4v) is 2.22. The molecule has 0 radical (unpaired) electrons. The molecule has 0 aliphatic heterocycles. The van der Waals surface area contributed by atoms with Gasteiger partial charge in [0.05, 0.1) is 18.3 Å². The van der Waals surface area contributed by atoms with E-state index < -0.39 is 6.10 Å². The molecular weight excluding hydrogens is 318 g/mol. The lowest BCUT2D eigenvalue weighted by Crippen LogP contribution is -2.02. The van der Waals surface area contributed by atoms with E-state index in [1.165, 1.54) is 0 Å². The Morgan fingerprint density at radius 2 is 2.17 bits per heavy atom. The number of hydrogen-bond donors (Lipinski definition) is 1. The molecule has 0 spiro atoms. The first-order chi connectivity index (χ1) is 8.63. The van der Waals surface area contributed by atoms with E-state index in [2.05, 4.69) is 20.9 Å². The highest BCUT2D eigenvalue weighted by Crippen LogP contribution is 2.33. The van der Waals surface area contributed by atoms with Gasteiger partial charge in [-0.2, -0.15) is 0 Å². The molecule has 0 saturated heterocycles. The van der Waals surface area contributed by atoms with Crippen molar-refractivity contribution in [1.29, 1.82) is 0 Å². The van der Waals surface area contributed by atoms with Crippen LogP contribution in [0.4, 0.5) is 0 Å². The third-order valence-corrected chi connectivity index (χ3v) is 3.87. The Hall–Kier alpha value is -1.10. The van der Waals surface area contributed by atoms with Crippen molar-refractivity contribution in [2.75, 3.05) is 7.11 Å². The van der Waals surface area contributed by atoms with Crippen molar-refractivity contribution in [3.8, 4) is 5.75 Å². The number of aliphatic hydroxyl groups is 1. The summed E-state index contributed by atoms with van der Waals surface area (Å²) in [6.07, 6.45) is 2.33. The van der Waals surface area contributed by atoms with E-state index in [1.54, 1.807) is 31.6 Å². The zero-order chi connectivity index (χ0) is 13.1. The van der Waals surface area contributed by atoms with Crippen LogP contribution < -0.4 is 4.74 Å². The molecule has 1 atom stereocenters. The van der Waals surface area contributed by atoms with Crippen LogP contribution >= 0.6 is 27.5 Å². The molecule has 18 heavy (non-hydrogen) atoms. The SMILES string of the molecule is COc1cncc(C(O)c2cccc(Br)c2Cl)c1. The number of pyridine rings is 1. The van der Waals surface area contributed by atoms with E-state index >= 15 is 0 Å². The second-order valence-corrected chi connectivity index (χ2v) is 4.94. The maximum atomic E-state index is 10.3. The molecule has 3 nitrogen and oxygen atoms in total. The van der Waals surface area contributed by atoms with Gasteiger partial charge in [-0.3, -0.25) is 4.98 Å². The summed E-state index contributed by atoms with van der Waals surface area (Å²) in [5.74, 6) is 0.595. The number of benzene rings is 1. The lowest BCUT2D eigenvalue weighted by molar-refractivity contribution is 0.219. The van der Waals surface area contributed by atoms with E-state index in [0.29, 0.717) is 21.9 Å². The van der Waals surface area contributed by atoms with Crippen LogP contribution in [0.15, 0.2) is 41.1 Å². The van der Waals surface area contributed by atoms with E-state index in [-0.39, 0.29) is 0 Å². The van der Waals surface area contributed by atoms with Gasteiger partial charge in [-0.1, -0.05) is 23.7 Å². The van der Waals surface area contributed by atoms with Gasteiger partial charge in [-0.25, -0.2) is 0 Å². The zero-order valence-corrected chi connectivity index (χ0v) is 11.9. The number of hydrogen-bond acceptors (Lipinski definition) is 3. The minimum atomic E-state index is -0.836. The number of aromatic nitrogens is 1. The number of methoxy groups -OCH3 is 1. The first-order valence-corrected chi connectivity index (χ1v) is 6.41. The van der Waals surface area contributed by atoms with E-state index in [9.17, 15) is 5.11 Å². The molecule has 1 aromatic carbocycles. The monoisotopic (exact) mass is 327 g/mol. The second kappa shape index (κ2) is 5.69. The molecule has 1 aromatic heterocycles. The van der Waals surface area contributed by atoms with Gasteiger partial charge in [0.15, 0.2) is 0 Å². The summed E-state index contributed by atoms with van der Waals surface area (Å²) >= 11 is 9.48. The van der Waals surface area contributed by atoms with Gasteiger partial charge in [0.1, 0.15) is 11.9 Å². The molecule has 0 saturated carbocycles. The summed E-state index contributed by atoms with van der Waals surface area (Å²) in [5.41, 5.74) is 1.26. The smallest absolute Gasteiger partial charge is 0.137 e. The standard InChI is InChI=1S/C13H11BrClNO2/c1-18-9-5-8(6-16-7-9)13(17)10-3-2-4-11(14)12(10)15/h2-7,13,17H,1H3. The highest BCUT2D eigenvalue weighted by atomic mass is 79.9. The second-order valence-electron chi connectivity index (χ2n) is 3.70. The summed E-state index contributed by atoms with van der Waals surface area (Å²) in [6.45, 7) is 0. The third kappa shape index (κ3) is 2.66. The van der Waals surface area contributed by atoms with Crippen LogP contribution in [0.2, 0.25) is 5.02 Å². The van der Waals surface area contributed by atoms with Crippen LogP contribution in [0.5, 0.6) is 5.75 Å². The maximum absolute atomic E-state index is 10.3. The Morgan fingerprint density at radius 3 is 2.89 bits per heavy atom. The molecule has 0 bridgehead atoms. The van der Waals surface area contributed by atoms with Crippen molar-refractivity contribution in [2.45, 2.75) is 6.10 Å². The van der Waals surface area contributed by atoms with Gasteiger partial charge in [0.2, 0.25) is 0 Å². The predicted molar refractivity (Wildman–Crippen MR) is 74.0 cm³/mol. The van der Waals surface area contributed by atoms with E-state index in [4.69, 9.17) is 16.3 Å². The number of halogens is 2. The highest BCUT2D eigenvalue weighted by Gasteiger charge is 2.16. The molecule has 0 fully saturated rings. The lowest BCUT2D eigenvalue weighted by Gasteiger charge is -2.14. The van der Waals surface area contributed by atoms with Gasteiger partial charge >= 0.3 is 0 Å². The minimum Gasteiger partial charge on any atom is -0.495 e. The van der Waals surface area contributed by atoms with Crippen LogP contribution in [0, 0.1) is 0 Å². The number of rotatable bonds is 3. The maximum Gasteiger partial charge on any atom is 0.137 e. The predicted octanol–water partition coefficient (Wildman–Crippen LogP) is 3.59. The average Bonchev–Trinajstić information content (AvgIpc) is 2.41. The van der Waals surface area contributed by atoms with Crippen LogP contribution in [0.25, 0.3) is 0 Å². The topological polar surface area (TPSA) is 42.4 Å². The Morgan fingerprint density at radius 1 is 1.39 bits per heavy atom. The fourth-order valence-electron chi connectivity index (χ4n) is 1.61. The molecule has 0 aliphatic carbocycles. The summed E-state index contributed by atoms with van der Waals surface area (Å²) in [5, 5.41) is 10.8. The fraction of sp³-hybridized carbons (Fsp3) is 0.154. The van der Waals surface area contributed by atoms with Gasteiger partial charge in [0.25, 0.3) is 0 Å². The van der Waals surface area contributed by atoms with Crippen LogP contribution in [-0.4, -0.2) is 17.2 Å². The summed E-state index contributed by atoms with van der Waals surface area (Å²) < 4.78 is 5.83. The van der Waals surface area contributed by atoms with Gasteiger partial charge in [-0.05, 0) is 28.1 Å². The number of ether oxygens (including phenoxy) is 1. The Bertz CT molecular complexity index is 562. The van der Waals surface area contributed by atoms with E-state index in [0.717, 1.165) is 4.47 Å². The summed E-state index contributed by atoms with van der Waals surface area (Å²) in [7, 11) is 1.55. The van der Waals surface area contributed by atoms with Gasteiger partial charge in [0, 0.05) is 21.8 Å². The van der Waals surface area contributed by atoms with E-state index in [1.807, 2.05) is 12.1 Å². The molecule has 94 valence electrons. The molecule has 1 N–H and O–H groups in total. The zero-order valence-electron chi connectivity index (χ0n) is 9.60. The lowest BCUT2D eigenvalue weighted by atomic mass is 10.0. The Labute approximate surface area is 119 Å². The van der Waals surface area contributed by atoms with Crippen LogP contribution in [0.1, 0.15) is 17.2 Å². The molecule has 0 amide bonds. The molecule has 1 unspecified atom stereocenters. The molecule has 0 aliphatic rings. The first kappa shape index (κ1) is 13.3. The van der Waals surface area contributed by atoms with Crippen LogP contribution in [0.3, 0.4) is 0 Å². The first-order valence-electron chi connectivity index (χ1n) is 5.24. The van der Waals surface area contributed by atoms with Crippen molar-refractivity contribution in [3.05, 3.63) is 57.3 Å². The third-order valence-electron chi connectivity index (χ3n) is 2.56. The van der Waals surface area contributed by atoms with Crippen LogP contribution in [-0.2, 0) is 0 Å². The van der Waals surface area contributed by atoms with Crippen molar-refractivity contribution in [1.82, 2.24) is 4.98 Å². The molecule has 1 heterocycles. The van der Waals surface area contributed by atoms with Gasteiger partial charge < -0.3 is 9.84 Å². The largest absolute Gasteiger partial charge is 0.495 e. The number of nitrogens with zero attached hydrogens (tertiary/aromatic N) is 1. The molecular formula is C13H11BrClNO2. The highest BCUT2D eigenvalue weighted by molar-refractivity contribution is 9.10. The Kier molecular flexibility index (Phi) is 4.22. The minimum absolute atomic E-state index is 0.493. The summed E-state index contributed by atoms with van der Waals surface area (Å²) in [4.78, 5) is 4.01. The van der Waals surface area contributed by atoms with Crippen molar-refractivity contribution >= 4 is 27.5 Å². The van der Waals surface area contributed by atoms with Crippen molar-refractivity contribution in [3.63, 3.8) is 0 Å². The molecule has 2 rings (SSSR count). The summed E-state index contributed by atoms with van der Waals surface area (Å²) in [6, 6.07) is 7.15. The van der Waals surface area contributed by atoms with Gasteiger partial charge in [-0.15, -0.1) is 0 Å². The quantitative estimate of drug-likeness (QED) is 0.936. The number of aliphatic hydroxyl groups excluding tert-OH is 1. The van der Waals surface area contributed by atoms with Crippen molar-refractivity contribution < 1.29 is 9.84 Å². The molecule has 5 heteroatoms. The average molecular weight is 329 g/mol.